The van der Waals surface area contributed by atoms with Gasteiger partial charge in [0.05, 0.1) is 18.4 Å². The molecule has 1 saturated carbocycles. The van der Waals surface area contributed by atoms with Crippen LogP contribution in [-0.2, 0) is 13.0 Å². The molecule has 0 unspecified atom stereocenters. The van der Waals surface area contributed by atoms with Crippen molar-refractivity contribution in [3.05, 3.63) is 53.1 Å². The van der Waals surface area contributed by atoms with Gasteiger partial charge < -0.3 is 14.4 Å². The first-order valence-corrected chi connectivity index (χ1v) is 11.2. The van der Waals surface area contributed by atoms with E-state index in [4.69, 9.17) is 4.74 Å². The van der Waals surface area contributed by atoms with E-state index in [1.165, 1.54) is 59.9 Å². The van der Waals surface area contributed by atoms with Crippen LogP contribution in [-0.4, -0.2) is 22.8 Å². The summed E-state index contributed by atoms with van der Waals surface area (Å²) in [6.07, 6.45) is 9.58. The molecule has 2 heterocycles. The zero-order chi connectivity index (χ0) is 20.7. The molecule has 0 bridgehead atoms. The summed E-state index contributed by atoms with van der Waals surface area (Å²) in [5, 5.41) is 10.8. The Labute approximate surface area is 189 Å². The lowest BCUT2D eigenvalue weighted by atomic mass is 9.81. The van der Waals surface area contributed by atoms with Gasteiger partial charge in [0.1, 0.15) is 5.75 Å². The lowest BCUT2D eigenvalue weighted by Crippen LogP contribution is -2.10. The standard InChI is InChI=1S/C26H29NO3.ClH/c1-30-20-11-13-21-18(15-20)9-5-6-14-27-23-16-19(26(28)29)10-12-22(23)24(25(21)27)17-7-3-2-4-8-17;/h10-13,15-17H,2-9,14H2,1H3,(H,28,29);1H. The maximum Gasteiger partial charge on any atom is 0.335 e. The van der Waals surface area contributed by atoms with Crippen molar-refractivity contribution >= 4 is 29.3 Å². The van der Waals surface area contributed by atoms with Crippen LogP contribution in [0.4, 0.5) is 0 Å². The van der Waals surface area contributed by atoms with Gasteiger partial charge in [-0.15, -0.1) is 12.4 Å². The number of aryl methyl sites for hydroxylation is 2. The Morgan fingerprint density at radius 3 is 2.58 bits per heavy atom. The van der Waals surface area contributed by atoms with Gasteiger partial charge in [-0.25, -0.2) is 4.79 Å². The van der Waals surface area contributed by atoms with Crippen LogP contribution in [0.1, 0.15) is 72.3 Å². The number of aromatic carboxylic acids is 1. The summed E-state index contributed by atoms with van der Waals surface area (Å²) in [4.78, 5) is 11.7. The molecule has 2 aromatic carbocycles. The molecule has 0 amide bonds. The summed E-state index contributed by atoms with van der Waals surface area (Å²) in [5.41, 5.74) is 6.84. The van der Waals surface area contributed by atoms with Gasteiger partial charge in [-0.1, -0.05) is 25.3 Å². The Morgan fingerprint density at radius 2 is 1.84 bits per heavy atom. The van der Waals surface area contributed by atoms with Gasteiger partial charge in [-0.2, -0.15) is 0 Å². The van der Waals surface area contributed by atoms with Gasteiger partial charge in [-0.05, 0) is 79.5 Å². The number of hydrogen-bond acceptors (Lipinski definition) is 2. The Hall–Kier alpha value is -2.46. The molecule has 1 aliphatic carbocycles. The molecule has 5 rings (SSSR count). The van der Waals surface area contributed by atoms with Crippen LogP contribution in [0.25, 0.3) is 22.2 Å². The fourth-order valence-corrected chi connectivity index (χ4v) is 5.56. The number of ether oxygens (including phenoxy) is 1. The van der Waals surface area contributed by atoms with E-state index in [2.05, 4.69) is 28.8 Å². The Bertz CT molecular complexity index is 1110. The second-order valence-corrected chi connectivity index (χ2v) is 8.77. The number of carbonyl (C=O) groups is 1. The first kappa shape index (κ1) is 21.8. The Kier molecular flexibility index (Phi) is 6.29. The summed E-state index contributed by atoms with van der Waals surface area (Å²) >= 11 is 0. The van der Waals surface area contributed by atoms with Crippen LogP contribution < -0.4 is 4.74 Å². The molecule has 5 heteroatoms. The maximum absolute atomic E-state index is 11.7. The van der Waals surface area contributed by atoms with Gasteiger partial charge in [0.15, 0.2) is 0 Å². The van der Waals surface area contributed by atoms with E-state index in [1.54, 1.807) is 13.2 Å². The van der Waals surface area contributed by atoms with Gasteiger partial charge in [0, 0.05) is 23.0 Å². The molecule has 164 valence electrons. The lowest BCUT2D eigenvalue weighted by molar-refractivity contribution is 0.0697. The molecule has 3 aromatic rings. The number of nitrogens with zero attached hydrogens (tertiary/aromatic N) is 1. The highest BCUT2D eigenvalue weighted by Crippen LogP contribution is 2.46. The Balaban J connectivity index is 0.00000231. The van der Waals surface area contributed by atoms with Gasteiger partial charge in [0.2, 0.25) is 0 Å². The zero-order valence-electron chi connectivity index (χ0n) is 18.0. The van der Waals surface area contributed by atoms with Crippen molar-refractivity contribution in [2.75, 3.05) is 7.11 Å². The smallest absolute Gasteiger partial charge is 0.335 e. The first-order chi connectivity index (χ1) is 14.7. The monoisotopic (exact) mass is 439 g/mol. The number of rotatable bonds is 3. The van der Waals surface area contributed by atoms with E-state index >= 15 is 0 Å². The van der Waals surface area contributed by atoms with Crippen LogP contribution in [0.15, 0.2) is 36.4 Å². The van der Waals surface area contributed by atoms with E-state index in [0.29, 0.717) is 11.5 Å². The number of fused-ring (bicyclic) bond motifs is 5. The Morgan fingerprint density at radius 1 is 1.03 bits per heavy atom. The molecule has 1 fully saturated rings. The van der Waals surface area contributed by atoms with Crippen LogP contribution in [0, 0.1) is 0 Å². The fraction of sp³-hybridized carbons (Fsp3) is 0.423. The second-order valence-electron chi connectivity index (χ2n) is 8.77. The maximum atomic E-state index is 11.7. The number of aromatic nitrogens is 1. The summed E-state index contributed by atoms with van der Waals surface area (Å²) in [5.74, 6) is 0.592. The highest BCUT2D eigenvalue weighted by molar-refractivity contribution is 5.98. The van der Waals surface area contributed by atoms with E-state index in [1.807, 2.05) is 6.07 Å². The predicted molar refractivity (Wildman–Crippen MR) is 127 cm³/mol. The predicted octanol–water partition coefficient (Wildman–Crippen LogP) is 6.82. The van der Waals surface area contributed by atoms with E-state index < -0.39 is 5.97 Å². The minimum Gasteiger partial charge on any atom is -0.497 e. The van der Waals surface area contributed by atoms with Crippen molar-refractivity contribution in [3.8, 4) is 17.0 Å². The number of carboxylic acid groups (broad SMARTS) is 1. The molecule has 2 aliphatic rings. The van der Waals surface area contributed by atoms with E-state index in [9.17, 15) is 9.90 Å². The van der Waals surface area contributed by atoms with Crippen LogP contribution in [0.3, 0.4) is 0 Å². The van der Waals surface area contributed by atoms with E-state index in [-0.39, 0.29) is 12.4 Å². The van der Waals surface area contributed by atoms with Crippen molar-refractivity contribution in [2.45, 2.75) is 63.8 Å². The topological polar surface area (TPSA) is 51.5 Å². The largest absolute Gasteiger partial charge is 0.497 e. The molecular weight excluding hydrogens is 410 g/mol. The fourth-order valence-electron chi connectivity index (χ4n) is 5.56. The molecule has 4 nitrogen and oxygen atoms in total. The molecule has 1 N–H and O–H groups in total. The molecule has 1 aliphatic heterocycles. The quantitative estimate of drug-likeness (QED) is 0.487. The number of hydrogen-bond donors (Lipinski definition) is 1. The lowest BCUT2D eigenvalue weighted by Gasteiger charge is -2.25. The second kappa shape index (κ2) is 8.96. The SMILES string of the molecule is COc1ccc2c(c1)CCCCn1c-2c(C2CCCCC2)c2ccc(C(=O)O)cc21.Cl. The number of benzene rings is 2. The minimum absolute atomic E-state index is 0. The normalized spacial score (nSPS) is 16.5. The summed E-state index contributed by atoms with van der Waals surface area (Å²) in [6, 6.07) is 12.2. The van der Waals surface area contributed by atoms with Crippen LogP contribution in [0.2, 0.25) is 0 Å². The molecular formula is C26H30ClNO3. The van der Waals surface area contributed by atoms with Crippen molar-refractivity contribution in [1.29, 1.82) is 0 Å². The average Bonchev–Trinajstić information content (AvgIpc) is 3.08. The highest BCUT2D eigenvalue weighted by atomic mass is 35.5. The molecule has 0 saturated heterocycles. The highest BCUT2D eigenvalue weighted by Gasteiger charge is 2.28. The summed E-state index contributed by atoms with van der Waals surface area (Å²) in [6.45, 7) is 0.938. The number of methoxy groups -OCH3 is 1. The molecule has 0 radical (unpaired) electrons. The summed E-state index contributed by atoms with van der Waals surface area (Å²) < 4.78 is 7.93. The molecule has 31 heavy (non-hydrogen) atoms. The number of carboxylic acids is 1. The minimum atomic E-state index is -0.859. The number of halogens is 1. The average molecular weight is 440 g/mol. The summed E-state index contributed by atoms with van der Waals surface area (Å²) in [7, 11) is 1.72. The third kappa shape index (κ3) is 3.82. The van der Waals surface area contributed by atoms with Gasteiger partial charge in [0.25, 0.3) is 0 Å². The molecule has 0 spiro atoms. The van der Waals surface area contributed by atoms with Crippen molar-refractivity contribution in [1.82, 2.24) is 4.57 Å². The first-order valence-electron chi connectivity index (χ1n) is 11.2. The van der Waals surface area contributed by atoms with Crippen molar-refractivity contribution < 1.29 is 14.6 Å². The third-order valence-corrected chi connectivity index (χ3v) is 7.01. The van der Waals surface area contributed by atoms with Crippen molar-refractivity contribution in [2.24, 2.45) is 0 Å². The zero-order valence-corrected chi connectivity index (χ0v) is 18.8. The van der Waals surface area contributed by atoms with Crippen LogP contribution >= 0.6 is 12.4 Å². The van der Waals surface area contributed by atoms with Gasteiger partial charge >= 0.3 is 5.97 Å². The van der Waals surface area contributed by atoms with Crippen molar-refractivity contribution in [3.63, 3.8) is 0 Å². The van der Waals surface area contributed by atoms with Crippen LogP contribution in [0.5, 0.6) is 5.75 Å². The molecule has 0 atom stereocenters. The molecule has 1 aromatic heterocycles. The van der Waals surface area contributed by atoms with E-state index in [0.717, 1.165) is 37.1 Å². The van der Waals surface area contributed by atoms with Gasteiger partial charge in [-0.3, -0.25) is 0 Å². The third-order valence-electron chi connectivity index (χ3n) is 7.01.